The number of pyridine rings is 1. The van der Waals surface area contributed by atoms with Crippen molar-refractivity contribution in [3.05, 3.63) is 90.5 Å². The number of H-pyrrole nitrogens is 1. The second-order valence-electron chi connectivity index (χ2n) is 7.02. The molecule has 0 saturated carbocycles. The zero-order valence-electron chi connectivity index (χ0n) is 16.4. The van der Waals surface area contributed by atoms with Crippen molar-refractivity contribution in [1.29, 1.82) is 5.26 Å². The van der Waals surface area contributed by atoms with Crippen molar-refractivity contribution in [1.82, 2.24) is 15.2 Å². The molecule has 0 unspecified atom stereocenters. The predicted octanol–water partition coefficient (Wildman–Crippen LogP) is 5.54. The maximum absolute atomic E-state index is 9.05. The van der Waals surface area contributed by atoms with Crippen molar-refractivity contribution >= 4 is 16.7 Å². The van der Waals surface area contributed by atoms with Crippen LogP contribution in [0, 0.1) is 11.3 Å². The molecule has 3 aromatic carbocycles. The molecule has 0 atom stereocenters. The van der Waals surface area contributed by atoms with E-state index in [1.54, 1.807) is 12.1 Å². The molecular weight excluding hydrogens is 386 g/mol. The molecule has 0 fully saturated rings. The summed E-state index contributed by atoms with van der Waals surface area (Å²) in [6.07, 6.45) is 0. The molecule has 0 aliphatic heterocycles. The maximum atomic E-state index is 9.05. The SMILES string of the molecule is N#Cc1ccc(-c2cc3[nH]nc(N)c3c(-c3ccc(Oc4ccccc4)cc3)n2)cc1. The van der Waals surface area contributed by atoms with Gasteiger partial charge in [-0.05, 0) is 54.6 Å². The third-order valence-electron chi connectivity index (χ3n) is 4.99. The minimum Gasteiger partial charge on any atom is -0.457 e. The molecular formula is C25H17N5O. The molecule has 0 radical (unpaired) electrons. The summed E-state index contributed by atoms with van der Waals surface area (Å²) in [6.45, 7) is 0. The molecule has 6 nitrogen and oxygen atoms in total. The number of nitrogens with one attached hydrogen (secondary N) is 1. The number of nitrogens with two attached hydrogens (primary N) is 1. The monoisotopic (exact) mass is 403 g/mol. The Morgan fingerprint density at radius 1 is 0.839 bits per heavy atom. The molecule has 0 spiro atoms. The molecule has 2 heterocycles. The molecule has 0 aliphatic rings. The van der Waals surface area contributed by atoms with Gasteiger partial charge >= 0.3 is 0 Å². The second kappa shape index (κ2) is 7.65. The van der Waals surface area contributed by atoms with Crippen LogP contribution >= 0.6 is 0 Å². The number of nitriles is 1. The van der Waals surface area contributed by atoms with Crippen molar-refractivity contribution in [3.63, 3.8) is 0 Å². The lowest BCUT2D eigenvalue weighted by Crippen LogP contribution is -1.93. The second-order valence-corrected chi connectivity index (χ2v) is 7.02. The van der Waals surface area contributed by atoms with Gasteiger partial charge in [0.1, 0.15) is 11.5 Å². The Kier molecular flexibility index (Phi) is 4.54. The smallest absolute Gasteiger partial charge is 0.155 e. The predicted molar refractivity (Wildman–Crippen MR) is 120 cm³/mol. The van der Waals surface area contributed by atoms with E-state index >= 15 is 0 Å². The van der Waals surface area contributed by atoms with Gasteiger partial charge in [0.25, 0.3) is 0 Å². The molecule has 3 N–H and O–H groups in total. The van der Waals surface area contributed by atoms with Crippen LogP contribution in [0.3, 0.4) is 0 Å². The van der Waals surface area contributed by atoms with E-state index in [2.05, 4.69) is 16.3 Å². The molecule has 5 rings (SSSR count). The number of hydrogen-bond donors (Lipinski definition) is 2. The molecule has 0 aliphatic carbocycles. The highest BCUT2D eigenvalue weighted by Gasteiger charge is 2.15. The van der Waals surface area contributed by atoms with E-state index in [1.807, 2.05) is 72.8 Å². The minimum absolute atomic E-state index is 0.397. The first-order valence-electron chi connectivity index (χ1n) is 9.70. The van der Waals surface area contributed by atoms with E-state index in [9.17, 15) is 0 Å². The Morgan fingerprint density at radius 3 is 2.23 bits per heavy atom. The van der Waals surface area contributed by atoms with Crippen LogP contribution in [0.25, 0.3) is 33.4 Å². The van der Waals surface area contributed by atoms with Crippen molar-refractivity contribution in [2.24, 2.45) is 0 Å². The maximum Gasteiger partial charge on any atom is 0.155 e. The standard InChI is InChI=1S/C25H17N5O/c26-15-16-6-8-17(9-7-16)21-14-22-23(25(27)30-29-22)24(28-21)18-10-12-20(13-11-18)31-19-4-2-1-3-5-19/h1-14H,(H3,27,29,30). The number of fused-ring (bicyclic) bond motifs is 1. The number of aromatic nitrogens is 3. The molecule has 31 heavy (non-hydrogen) atoms. The van der Waals surface area contributed by atoms with Crippen molar-refractivity contribution in [2.45, 2.75) is 0 Å². The number of benzene rings is 3. The lowest BCUT2D eigenvalue weighted by Gasteiger charge is -2.10. The molecule has 148 valence electrons. The van der Waals surface area contributed by atoms with E-state index in [-0.39, 0.29) is 0 Å². The van der Waals surface area contributed by atoms with Gasteiger partial charge in [-0.15, -0.1) is 0 Å². The number of ether oxygens (including phenoxy) is 1. The van der Waals surface area contributed by atoms with E-state index in [1.165, 1.54) is 0 Å². The Labute approximate surface area is 178 Å². The zero-order chi connectivity index (χ0) is 21.2. The molecule has 0 bridgehead atoms. The number of nitrogens with zero attached hydrogens (tertiary/aromatic N) is 3. The third-order valence-corrected chi connectivity index (χ3v) is 4.99. The summed E-state index contributed by atoms with van der Waals surface area (Å²) in [4.78, 5) is 4.88. The van der Waals surface area contributed by atoms with Crippen LogP contribution in [-0.4, -0.2) is 15.2 Å². The van der Waals surface area contributed by atoms with Crippen LogP contribution in [0.5, 0.6) is 11.5 Å². The number of para-hydroxylation sites is 1. The van der Waals surface area contributed by atoms with Crippen LogP contribution in [0.1, 0.15) is 5.56 Å². The van der Waals surface area contributed by atoms with Gasteiger partial charge in [0.2, 0.25) is 0 Å². The molecule has 0 saturated heterocycles. The highest BCUT2D eigenvalue weighted by Crippen LogP contribution is 2.34. The van der Waals surface area contributed by atoms with Crippen LogP contribution in [0.4, 0.5) is 5.82 Å². The summed E-state index contributed by atoms with van der Waals surface area (Å²) < 4.78 is 5.89. The summed E-state index contributed by atoms with van der Waals surface area (Å²) in [6, 6.07) is 28.7. The molecule has 5 aromatic rings. The van der Waals surface area contributed by atoms with Gasteiger partial charge in [0.05, 0.1) is 33.9 Å². The topological polar surface area (TPSA) is 101 Å². The lowest BCUT2D eigenvalue weighted by molar-refractivity contribution is 0.483. The van der Waals surface area contributed by atoms with Gasteiger partial charge in [0.15, 0.2) is 5.82 Å². The zero-order valence-corrected chi connectivity index (χ0v) is 16.4. The van der Waals surface area contributed by atoms with Gasteiger partial charge in [0, 0.05) is 11.1 Å². The highest BCUT2D eigenvalue weighted by molar-refractivity contribution is 6.01. The fourth-order valence-electron chi connectivity index (χ4n) is 3.45. The van der Waals surface area contributed by atoms with Gasteiger partial charge in [-0.25, -0.2) is 4.98 Å². The fraction of sp³-hybridized carbons (Fsp3) is 0. The number of aromatic amines is 1. The Balaban J connectivity index is 1.56. The van der Waals surface area contributed by atoms with E-state index < -0.39 is 0 Å². The molecule has 2 aromatic heterocycles. The van der Waals surface area contributed by atoms with E-state index in [4.69, 9.17) is 20.7 Å². The largest absolute Gasteiger partial charge is 0.457 e. The van der Waals surface area contributed by atoms with E-state index in [0.717, 1.165) is 44.9 Å². The summed E-state index contributed by atoms with van der Waals surface area (Å²) in [5.74, 6) is 1.90. The first-order chi connectivity index (χ1) is 15.2. The Hall–Kier alpha value is -4.63. The number of rotatable bonds is 4. The minimum atomic E-state index is 0.397. The van der Waals surface area contributed by atoms with Crippen LogP contribution in [-0.2, 0) is 0 Å². The van der Waals surface area contributed by atoms with Crippen molar-refractivity contribution in [3.8, 4) is 40.1 Å². The number of hydrogen-bond acceptors (Lipinski definition) is 5. The number of nitrogen functional groups attached to an aromatic ring is 1. The third kappa shape index (κ3) is 3.56. The van der Waals surface area contributed by atoms with Gasteiger partial charge in [-0.3, -0.25) is 5.10 Å². The summed E-state index contributed by atoms with van der Waals surface area (Å²) >= 11 is 0. The highest BCUT2D eigenvalue weighted by atomic mass is 16.5. The quantitative estimate of drug-likeness (QED) is 0.410. The summed E-state index contributed by atoms with van der Waals surface area (Å²) in [5, 5.41) is 17.0. The fourth-order valence-corrected chi connectivity index (χ4v) is 3.45. The summed E-state index contributed by atoms with van der Waals surface area (Å²) in [5.41, 5.74) is 10.8. The van der Waals surface area contributed by atoms with Crippen LogP contribution in [0.15, 0.2) is 84.9 Å². The average molecular weight is 403 g/mol. The van der Waals surface area contributed by atoms with Gasteiger partial charge in [-0.2, -0.15) is 10.4 Å². The van der Waals surface area contributed by atoms with Crippen LogP contribution < -0.4 is 10.5 Å². The van der Waals surface area contributed by atoms with Gasteiger partial charge < -0.3 is 10.5 Å². The van der Waals surface area contributed by atoms with Gasteiger partial charge in [-0.1, -0.05) is 30.3 Å². The van der Waals surface area contributed by atoms with E-state index in [0.29, 0.717) is 11.4 Å². The first kappa shape index (κ1) is 18.4. The lowest BCUT2D eigenvalue weighted by atomic mass is 10.0. The Morgan fingerprint density at radius 2 is 1.52 bits per heavy atom. The Bertz CT molecular complexity index is 1400. The normalized spacial score (nSPS) is 10.7. The molecule has 6 heteroatoms. The average Bonchev–Trinajstić information content (AvgIpc) is 3.20. The summed E-state index contributed by atoms with van der Waals surface area (Å²) in [7, 11) is 0. The van der Waals surface area contributed by atoms with Crippen LogP contribution in [0.2, 0.25) is 0 Å². The van der Waals surface area contributed by atoms with Crippen molar-refractivity contribution < 1.29 is 4.74 Å². The first-order valence-corrected chi connectivity index (χ1v) is 9.70. The molecule has 0 amide bonds. The van der Waals surface area contributed by atoms with Crippen molar-refractivity contribution in [2.75, 3.05) is 5.73 Å². The number of anilines is 1.